The van der Waals surface area contributed by atoms with Crippen LogP contribution in [0.5, 0.6) is 0 Å². The Balaban J connectivity index is 4.61. The average molecular weight is 895 g/mol. The molecule has 6 heteroatoms. The third kappa shape index (κ3) is 50.2. The monoisotopic (exact) mass is 895 g/mol. The van der Waals surface area contributed by atoms with Gasteiger partial charge in [-0.3, -0.25) is 14.4 Å². The van der Waals surface area contributed by atoms with Gasteiger partial charge < -0.3 is 14.2 Å². The molecule has 0 aliphatic rings. The fourth-order valence-electron chi connectivity index (χ4n) is 6.25. The summed E-state index contributed by atoms with van der Waals surface area (Å²) in [4.78, 5) is 37.9. The number of hydrogen-bond acceptors (Lipinski definition) is 6. The minimum atomic E-state index is -0.832. The Morgan fingerprint density at radius 3 is 1.17 bits per heavy atom. The summed E-state index contributed by atoms with van der Waals surface area (Å²) in [6.07, 6.45) is 74.0. The third-order valence-corrected chi connectivity index (χ3v) is 10.0. The maximum absolute atomic E-state index is 12.8. The molecule has 0 aromatic carbocycles. The van der Waals surface area contributed by atoms with Crippen molar-refractivity contribution in [1.29, 1.82) is 0 Å². The second-order valence-corrected chi connectivity index (χ2v) is 16.2. The van der Waals surface area contributed by atoms with E-state index in [4.69, 9.17) is 14.2 Å². The van der Waals surface area contributed by atoms with E-state index in [1.54, 1.807) is 0 Å². The van der Waals surface area contributed by atoms with Crippen molar-refractivity contribution in [1.82, 2.24) is 0 Å². The van der Waals surface area contributed by atoms with Gasteiger partial charge in [-0.1, -0.05) is 218 Å². The van der Waals surface area contributed by atoms with Gasteiger partial charge in [-0.15, -0.1) is 0 Å². The van der Waals surface area contributed by atoms with Gasteiger partial charge in [-0.25, -0.2) is 0 Å². The predicted molar refractivity (Wildman–Crippen MR) is 279 cm³/mol. The molecular formula is C59H90O6. The minimum Gasteiger partial charge on any atom is -0.462 e. The van der Waals surface area contributed by atoms with Crippen LogP contribution in [0.2, 0.25) is 0 Å². The van der Waals surface area contributed by atoms with Crippen LogP contribution in [0.25, 0.3) is 0 Å². The number of unbranched alkanes of at least 4 members (excludes halogenated alkanes) is 15. The summed E-state index contributed by atoms with van der Waals surface area (Å²) in [6.45, 7) is 6.24. The molecule has 0 heterocycles. The van der Waals surface area contributed by atoms with Crippen molar-refractivity contribution in [2.75, 3.05) is 13.2 Å². The minimum absolute atomic E-state index is 0.130. The molecule has 0 amide bonds. The molecular weight excluding hydrogens is 805 g/mol. The smallest absolute Gasteiger partial charge is 0.306 e. The molecule has 0 saturated carbocycles. The summed E-state index contributed by atoms with van der Waals surface area (Å²) >= 11 is 0. The lowest BCUT2D eigenvalue weighted by Crippen LogP contribution is -2.30. The third-order valence-electron chi connectivity index (χ3n) is 10.0. The average Bonchev–Trinajstić information content (AvgIpc) is 3.30. The van der Waals surface area contributed by atoms with Gasteiger partial charge in [0.2, 0.25) is 0 Å². The second-order valence-electron chi connectivity index (χ2n) is 16.2. The highest BCUT2D eigenvalue weighted by Gasteiger charge is 2.19. The lowest BCUT2D eigenvalue weighted by Gasteiger charge is -2.18. The second kappa shape index (κ2) is 51.9. The summed E-state index contributed by atoms with van der Waals surface area (Å²) < 4.78 is 16.7. The molecule has 1 atom stereocenters. The van der Waals surface area contributed by atoms with E-state index in [1.807, 2.05) is 72.9 Å². The van der Waals surface area contributed by atoms with Crippen LogP contribution in [0.1, 0.15) is 188 Å². The van der Waals surface area contributed by atoms with Crippen molar-refractivity contribution in [3.8, 4) is 0 Å². The number of allylic oxidation sites excluding steroid dienone is 24. The van der Waals surface area contributed by atoms with Gasteiger partial charge >= 0.3 is 17.9 Å². The normalized spacial score (nSPS) is 13.3. The molecule has 0 radical (unpaired) electrons. The number of carbonyl (C=O) groups excluding carboxylic acids is 3. The van der Waals surface area contributed by atoms with Crippen molar-refractivity contribution in [3.05, 3.63) is 146 Å². The first-order valence-electron chi connectivity index (χ1n) is 25.5. The summed E-state index contributed by atoms with van der Waals surface area (Å²) in [7, 11) is 0. The Morgan fingerprint density at radius 2 is 0.677 bits per heavy atom. The summed E-state index contributed by atoms with van der Waals surface area (Å²) in [5, 5.41) is 0. The molecule has 0 aromatic heterocycles. The molecule has 0 aromatic rings. The topological polar surface area (TPSA) is 78.9 Å². The first-order valence-corrected chi connectivity index (χ1v) is 25.5. The maximum atomic E-state index is 12.8. The summed E-state index contributed by atoms with van der Waals surface area (Å²) in [5.41, 5.74) is 0. The van der Waals surface area contributed by atoms with Crippen molar-refractivity contribution in [2.24, 2.45) is 0 Å². The Morgan fingerprint density at radius 1 is 0.338 bits per heavy atom. The van der Waals surface area contributed by atoms with Crippen molar-refractivity contribution >= 4 is 17.9 Å². The summed E-state index contributed by atoms with van der Waals surface area (Å²) in [5.74, 6) is -1.05. The van der Waals surface area contributed by atoms with E-state index < -0.39 is 6.10 Å². The molecule has 0 fully saturated rings. The van der Waals surface area contributed by atoms with Gasteiger partial charge in [0.05, 0.1) is 0 Å². The molecule has 0 spiro atoms. The fraction of sp³-hybridized carbons (Fsp3) is 0.542. The number of ether oxygens (including phenoxy) is 3. The van der Waals surface area contributed by atoms with E-state index in [1.165, 1.54) is 44.9 Å². The molecule has 6 nitrogen and oxygen atoms in total. The highest BCUT2D eigenvalue weighted by atomic mass is 16.6. The zero-order valence-corrected chi connectivity index (χ0v) is 41.2. The van der Waals surface area contributed by atoms with Crippen LogP contribution in [-0.4, -0.2) is 37.2 Å². The first kappa shape index (κ1) is 60.3. The SMILES string of the molecule is CC\C=C/C=C\C=C/C=C\C=C\C=C/C=C\CCCCCC(=O)OCC(COC(=O)CCCC/C=C\C/C=C\C/C=C\CC)OC(=O)CCCCC/C=C\C=C/CCCCCCCCC. The van der Waals surface area contributed by atoms with Gasteiger partial charge in [0.15, 0.2) is 6.10 Å². The van der Waals surface area contributed by atoms with E-state index in [0.29, 0.717) is 19.3 Å². The highest BCUT2D eigenvalue weighted by Crippen LogP contribution is 2.11. The molecule has 0 N–H and O–H groups in total. The number of esters is 3. The molecule has 362 valence electrons. The van der Waals surface area contributed by atoms with Crippen LogP contribution < -0.4 is 0 Å². The lowest BCUT2D eigenvalue weighted by atomic mass is 10.1. The zero-order chi connectivity index (χ0) is 47.2. The first-order chi connectivity index (χ1) is 32.0. The van der Waals surface area contributed by atoms with Crippen molar-refractivity contribution in [3.63, 3.8) is 0 Å². The quantitative estimate of drug-likeness (QED) is 0.0199. The van der Waals surface area contributed by atoms with Gasteiger partial charge in [0.25, 0.3) is 0 Å². The largest absolute Gasteiger partial charge is 0.462 e. The Kier molecular flexibility index (Phi) is 48.2. The van der Waals surface area contributed by atoms with E-state index in [2.05, 4.69) is 93.7 Å². The molecule has 1 unspecified atom stereocenters. The predicted octanol–water partition coefficient (Wildman–Crippen LogP) is 16.9. The van der Waals surface area contributed by atoms with Gasteiger partial charge in [-0.2, -0.15) is 0 Å². The number of rotatable bonds is 43. The zero-order valence-electron chi connectivity index (χ0n) is 41.2. The van der Waals surface area contributed by atoms with Crippen LogP contribution in [0.4, 0.5) is 0 Å². The Hall–Kier alpha value is -4.71. The van der Waals surface area contributed by atoms with E-state index in [-0.39, 0.29) is 50.4 Å². The van der Waals surface area contributed by atoms with Crippen LogP contribution in [0.3, 0.4) is 0 Å². The number of hydrogen-bond donors (Lipinski definition) is 0. The van der Waals surface area contributed by atoms with Gasteiger partial charge in [0.1, 0.15) is 13.2 Å². The fourth-order valence-corrected chi connectivity index (χ4v) is 6.25. The van der Waals surface area contributed by atoms with E-state index in [0.717, 1.165) is 83.5 Å². The Labute approximate surface area is 397 Å². The van der Waals surface area contributed by atoms with Crippen LogP contribution >= 0.6 is 0 Å². The van der Waals surface area contributed by atoms with Crippen LogP contribution in [-0.2, 0) is 28.6 Å². The van der Waals surface area contributed by atoms with Gasteiger partial charge in [-0.05, 0) is 96.3 Å². The molecule has 0 rings (SSSR count). The lowest BCUT2D eigenvalue weighted by molar-refractivity contribution is -0.167. The molecule has 0 aliphatic carbocycles. The van der Waals surface area contributed by atoms with E-state index >= 15 is 0 Å². The van der Waals surface area contributed by atoms with Crippen LogP contribution in [0.15, 0.2) is 146 Å². The van der Waals surface area contributed by atoms with Crippen LogP contribution in [0, 0.1) is 0 Å². The van der Waals surface area contributed by atoms with Gasteiger partial charge in [0, 0.05) is 19.3 Å². The molecule has 0 aliphatic heterocycles. The summed E-state index contributed by atoms with van der Waals surface area (Å²) in [6, 6.07) is 0. The van der Waals surface area contributed by atoms with Crippen molar-refractivity contribution < 1.29 is 28.6 Å². The standard InChI is InChI=1S/C59H90O6/c1-4-7-10-13-16-19-22-25-27-29-30-31-33-34-37-40-43-46-49-52-58(61)64-55-56(54-63-57(60)51-48-45-42-39-36-24-21-18-15-12-9-6-3)65-59(62)53-50-47-44-41-38-35-32-28-26-23-20-17-14-11-8-5-2/h7,9-10,12-13,16,18-19,21-22,25,27-39,56H,4-6,8,11,14-15,17,20,23-24,26,40-55H2,1-3H3/b10-7-,12-9-,16-13-,21-18-,22-19-,27-25-,30-29+,32-28-,33-31-,37-34-,38-35-,39-36-. The highest BCUT2D eigenvalue weighted by molar-refractivity contribution is 5.71. The molecule has 0 saturated heterocycles. The molecule has 0 bridgehead atoms. The van der Waals surface area contributed by atoms with E-state index in [9.17, 15) is 14.4 Å². The molecule has 65 heavy (non-hydrogen) atoms. The maximum Gasteiger partial charge on any atom is 0.306 e. The van der Waals surface area contributed by atoms with Crippen molar-refractivity contribution in [2.45, 2.75) is 194 Å². The number of carbonyl (C=O) groups is 3. The Bertz CT molecular complexity index is 1490.